The van der Waals surface area contributed by atoms with Gasteiger partial charge in [0.2, 0.25) is 5.91 Å². The Balaban J connectivity index is 1.60. The molecule has 1 aromatic heterocycles. The molecule has 150 valence electrons. The molecule has 0 bridgehead atoms. The number of amides is 1. The fraction of sp³-hybridized carbons (Fsp3) is 0.450. The average molecular weight is 403 g/mol. The fourth-order valence-electron chi connectivity index (χ4n) is 3.43. The van der Waals surface area contributed by atoms with Crippen LogP contribution in [0, 0.1) is 26.7 Å². The minimum Gasteiger partial charge on any atom is -0.273 e. The summed E-state index contributed by atoms with van der Waals surface area (Å²) < 4.78 is 24.9. The number of carbonyl (C=O) groups is 1. The van der Waals surface area contributed by atoms with Gasteiger partial charge in [-0.15, -0.1) is 0 Å². The summed E-state index contributed by atoms with van der Waals surface area (Å²) in [5, 5.41) is 8.62. The summed E-state index contributed by atoms with van der Waals surface area (Å²) in [5.74, 6) is -0.109. The summed E-state index contributed by atoms with van der Waals surface area (Å²) in [7, 11) is -2.97. The third kappa shape index (κ3) is 5.07. The second-order valence-corrected chi connectivity index (χ2v) is 9.72. The van der Waals surface area contributed by atoms with Gasteiger partial charge >= 0.3 is 0 Å². The molecule has 8 heteroatoms. The summed E-state index contributed by atoms with van der Waals surface area (Å²) in [6, 6.07) is 8.33. The second-order valence-electron chi connectivity index (χ2n) is 7.49. The number of rotatable bonds is 6. The number of nitrogens with one attached hydrogen (secondary N) is 1. The van der Waals surface area contributed by atoms with Crippen molar-refractivity contribution in [2.24, 2.45) is 11.0 Å². The van der Waals surface area contributed by atoms with Crippen LogP contribution in [0.15, 0.2) is 29.4 Å². The van der Waals surface area contributed by atoms with Gasteiger partial charge in [0.25, 0.3) is 0 Å². The van der Waals surface area contributed by atoms with E-state index in [4.69, 9.17) is 0 Å². The smallest absolute Gasteiger partial charge is 0.240 e. The second kappa shape index (κ2) is 8.26. The molecule has 1 atom stereocenters. The largest absolute Gasteiger partial charge is 0.273 e. The van der Waals surface area contributed by atoms with E-state index in [1.54, 1.807) is 6.21 Å². The van der Waals surface area contributed by atoms with Crippen molar-refractivity contribution >= 4 is 22.0 Å². The average Bonchev–Trinajstić information content (AvgIpc) is 3.09. The molecule has 1 N–H and O–H groups in total. The minimum absolute atomic E-state index is 0.0914. The van der Waals surface area contributed by atoms with Gasteiger partial charge in [-0.2, -0.15) is 10.2 Å². The van der Waals surface area contributed by atoms with Gasteiger partial charge < -0.3 is 0 Å². The molecule has 28 heavy (non-hydrogen) atoms. The van der Waals surface area contributed by atoms with Gasteiger partial charge in [-0.05, 0) is 38.7 Å². The number of hydrazone groups is 1. The molecule has 0 unspecified atom stereocenters. The van der Waals surface area contributed by atoms with E-state index in [2.05, 4.69) is 46.8 Å². The highest BCUT2D eigenvalue weighted by atomic mass is 32.2. The summed E-state index contributed by atoms with van der Waals surface area (Å²) in [6.45, 7) is 6.61. The Morgan fingerprint density at radius 2 is 2.00 bits per heavy atom. The lowest BCUT2D eigenvalue weighted by atomic mass is 10.1. The van der Waals surface area contributed by atoms with E-state index in [-0.39, 0.29) is 29.8 Å². The van der Waals surface area contributed by atoms with Crippen molar-refractivity contribution in [1.82, 2.24) is 15.2 Å². The van der Waals surface area contributed by atoms with Crippen LogP contribution < -0.4 is 5.43 Å². The zero-order valence-corrected chi connectivity index (χ0v) is 17.3. The Labute approximate surface area is 165 Å². The number of benzene rings is 1. The van der Waals surface area contributed by atoms with Crippen molar-refractivity contribution in [1.29, 1.82) is 0 Å². The van der Waals surface area contributed by atoms with E-state index in [0.29, 0.717) is 13.0 Å². The highest BCUT2D eigenvalue weighted by Crippen LogP contribution is 2.21. The first-order chi connectivity index (χ1) is 13.2. The van der Waals surface area contributed by atoms with Crippen molar-refractivity contribution in [2.45, 2.75) is 40.2 Å². The SMILES string of the molecule is Cc1ccc(Cn2nc(C)c(/C=N\NC(=O)C[C@H]3CCS(=O)(=O)C3)c2C)cc1. The van der Waals surface area contributed by atoms with E-state index >= 15 is 0 Å². The van der Waals surface area contributed by atoms with Gasteiger partial charge in [0.15, 0.2) is 9.84 Å². The first-order valence-electron chi connectivity index (χ1n) is 9.35. The van der Waals surface area contributed by atoms with E-state index in [0.717, 1.165) is 17.0 Å². The lowest BCUT2D eigenvalue weighted by Gasteiger charge is -2.06. The van der Waals surface area contributed by atoms with Gasteiger partial charge in [-0.3, -0.25) is 9.48 Å². The van der Waals surface area contributed by atoms with E-state index in [1.807, 2.05) is 18.5 Å². The highest BCUT2D eigenvalue weighted by molar-refractivity contribution is 7.91. The summed E-state index contributed by atoms with van der Waals surface area (Å²) in [5.41, 5.74) is 7.57. The Morgan fingerprint density at radius 3 is 2.64 bits per heavy atom. The Hall–Kier alpha value is -2.48. The van der Waals surface area contributed by atoms with Crippen molar-refractivity contribution in [3.63, 3.8) is 0 Å². The quantitative estimate of drug-likeness (QED) is 0.592. The van der Waals surface area contributed by atoms with Crippen molar-refractivity contribution in [3.05, 3.63) is 52.3 Å². The number of aryl methyl sites for hydroxylation is 2. The first-order valence-corrected chi connectivity index (χ1v) is 11.2. The van der Waals surface area contributed by atoms with E-state index in [9.17, 15) is 13.2 Å². The lowest BCUT2D eigenvalue weighted by molar-refractivity contribution is -0.121. The lowest BCUT2D eigenvalue weighted by Crippen LogP contribution is -2.21. The molecule has 1 saturated heterocycles. The van der Waals surface area contributed by atoms with Crippen LogP contribution in [-0.4, -0.2) is 41.8 Å². The molecule has 1 aromatic carbocycles. The molecule has 7 nitrogen and oxygen atoms in total. The molecule has 2 aromatic rings. The van der Waals surface area contributed by atoms with Gasteiger partial charge in [-0.25, -0.2) is 13.8 Å². The third-order valence-electron chi connectivity index (χ3n) is 5.07. The summed E-state index contributed by atoms with van der Waals surface area (Å²) >= 11 is 0. The van der Waals surface area contributed by atoms with E-state index in [1.165, 1.54) is 11.1 Å². The molecular formula is C20H26N4O3S. The number of carbonyl (C=O) groups excluding carboxylic acids is 1. The number of nitrogens with zero attached hydrogens (tertiary/aromatic N) is 3. The van der Waals surface area contributed by atoms with Crippen LogP contribution >= 0.6 is 0 Å². The van der Waals surface area contributed by atoms with Crippen molar-refractivity contribution in [2.75, 3.05) is 11.5 Å². The molecule has 2 heterocycles. The number of aromatic nitrogens is 2. The van der Waals surface area contributed by atoms with Crippen LogP contribution in [0.2, 0.25) is 0 Å². The molecule has 1 aliphatic heterocycles. The summed E-state index contributed by atoms with van der Waals surface area (Å²) in [4.78, 5) is 12.0. The molecule has 3 rings (SSSR count). The predicted octanol–water partition coefficient (Wildman–Crippen LogP) is 2.13. The normalized spacial score (nSPS) is 18.6. The van der Waals surface area contributed by atoms with Crippen molar-refractivity contribution < 1.29 is 13.2 Å². The fourth-order valence-corrected chi connectivity index (χ4v) is 5.29. The van der Waals surface area contributed by atoms with Crippen LogP contribution in [-0.2, 0) is 21.2 Å². The standard InChI is InChI=1S/C20H26N4O3S/c1-14-4-6-17(7-5-14)12-24-16(3)19(15(2)23-24)11-21-22-20(25)10-18-8-9-28(26,27)13-18/h4-7,11,18H,8-10,12-13H2,1-3H3,(H,22,25)/b21-11-/t18-/m1/s1. The molecule has 1 aliphatic rings. The van der Waals surface area contributed by atoms with Gasteiger partial charge in [-0.1, -0.05) is 29.8 Å². The number of hydrogen-bond donors (Lipinski definition) is 1. The Morgan fingerprint density at radius 1 is 1.29 bits per heavy atom. The molecule has 0 aliphatic carbocycles. The molecular weight excluding hydrogens is 376 g/mol. The topological polar surface area (TPSA) is 93.4 Å². The Kier molecular flexibility index (Phi) is 5.98. The summed E-state index contributed by atoms with van der Waals surface area (Å²) in [6.07, 6.45) is 2.33. The molecule has 0 radical (unpaired) electrons. The van der Waals surface area contributed by atoms with Gasteiger partial charge in [0.1, 0.15) is 0 Å². The minimum atomic E-state index is -2.97. The predicted molar refractivity (Wildman–Crippen MR) is 109 cm³/mol. The van der Waals surface area contributed by atoms with E-state index < -0.39 is 9.84 Å². The monoisotopic (exact) mass is 402 g/mol. The Bertz CT molecular complexity index is 991. The van der Waals surface area contributed by atoms with Crippen LogP contribution in [0.3, 0.4) is 0 Å². The highest BCUT2D eigenvalue weighted by Gasteiger charge is 2.29. The van der Waals surface area contributed by atoms with Crippen LogP contribution in [0.1, 0.15) is 40.9 Å². The maximum Gasteiger partial charge on any atom is 0.240 e. The maximum atomic E-state index is 12.0. The third-order valence-corrected chi connectivity index (χ3v) is 6.91. The zero-order chi connectivity index (χ0) is 20.3. The van der Waals surface area contributed by atoms with Crippen molar-refractivity contribution in [3.8, 4) is 0 Å². The molecule has 1 fully saturated rings. The zero-order valence-electron chi connectivity index (χ0n) is 16.5. The maximum absolute atomic E-state index is 12.0. The number of sulfone groups is 1. The number of hydrogen-bond acceptors (Lipinski definition) is 5. The first kappa shape index (κ1) is 20.3. The molecule has 1 amide bonds. The molecule has 0 spiro atoms. The van der Waals surface area contributed by atoms with Gasteiger partial charge in [0, 0.05) is 17.7 Å². The van der Waals surface area contributed by atoms with Crippen LogP contribution in [0.25, 0.3) is 0 Å². The molecule has 0 saturated carbocycles. The van der Waals surface area contributed by atoms with Crippen LogP contribution in [0.5, 0.6) is 0 Å². The van der Waals surface area contributed by atoms with Gasteiger partial charge in [0.05, 0.1) is 30.0 Å². The van der Waals surface area contributed by atoms with Crippen LogP contribution in [0.4, 0.5) is 0 Å².